The Morgan fingerprint density at radius 3 is 2.10 bits per heavy atom. The summed E-state index contributed by atoms with van der Waals surface area (Å²) >= 11 is 0. The zero-order valence-corrected chi connectivity index (χ0v) is 13.3. The molecule has 5 nitrogen and oxygen atoms in total. The third-order valence-corrected chi connectivity index (χ3v) is 5.01. The van der Waals surface area contributed by atoms with Gasteiger partial charge in [-0.15, -0.1) is 0 Å². The molecule has 1 rings (SSSR count). The van der Waals surface area contributed by atoms with Crippen LogP contribution in [0.2, 0.25) is 0 Å². The van der Waals surface area contributed by atoms with Crippen molar-refractivity contribution in [1.82, 2.24) is 10.6 Å². The maximum absolute atomic E-state index is 12.0. The second kappa shape index (κ2) is 5.62. The van der Waals surface area contributed by atoms with Crippen molar-refractivity contribution in [2.75, 3.05) is 6.54 Å². The van der Waals surface area contributed by atoms with E-state index in [0.717, 1.165) is 12.8 Å². The number of hydrogen-bond donors (Lipinski definition) is 3. The van der Waals surface area contributed by atoms with Crippen LogP contribution < -0.4 is 10.6 Å². The molecule has 0 radical (unpaired) electrons. The Kier molecular flexibility index (Phi) is 4.72. The molecule has 5 heteroatoms. The highest BCUT2D eigenvalue weighted by atomic mass is 16.4. The van der Waals surface area contributed by atoms with Crippen molar-refractivity contribution in [3.05, 3.63) is 0 Å². The van der Waals surface area contributed by atoms with E-state index in [9.17, 15) is 14.7 Å². The van der Waals surface area contributed by atoms with Crippen molar-refractivity contribution in [3.63, 3.8) is 0 Å². The zero-order chi connectivity index (χ0) is 15.6. The van der Waals surface area contributed by atoms with Crippen LogP contribution in [0.25, 0.3) is 0 Å². The summed E-state index contributed by atoms with van der Waals surface area (Å²) in [6.07, 6.45) is 4.71. The molecule has 0 aromatic carbocycles. The third kappa shape index (κ3) is 3.64. The fourth-order valence-electron chi connectivity index (χ4n) is 2.45. The maximum atomic E-state index is 12.0. The molecule has 0 aromatic heterocycles. The third-order valence-electron chi connectivity index (χ3n) is 5.01. The van der Waals surface area contributed by atoms with Gasteiger partial charge >= 0.3 is 12.0 Å². The summed E-state index contributed by atoms with van der Waals surface area (Å²) in [6.45, 7) is 9.53. The van der Waals surface area contributed by atoms with E-state index in [1.54, 1.807) is 27.7 Å². The first kappa shape index (κ1) is 16.8. The molecule has 0 aliphatic heterocycles. The van der Waals surface area contributed by atoms with Crippen molar-refractivity contribution in [3.8, 4) is 0 Å². The van der Waals surface area contributed by atoms with Crippen LogP contribution in [0.15, 0.2) is 0 Å². The van der Waals surface area contributed by atoms with Crippen LogP contribution in [0.5, 0.6) is 0 Å². The lowest BCUT2D eigenvalue weighted by Crippen LogP contribution is -2.59. The lowest BCUT2D eigenvalue weighted by Gasteiger charge is -2.39. The number of amides is 2. The highest BCUT2D eigenvalue weighted by Crippen LogP contribution is 2.36. The molecule has 20 heavy (non-hydrogen) atoms. The Hall–Kier alpha value is -1.26. The molecule has 116 valence electrons. The van der Waals surface area contributed by atoms with Gasteiger partial charge in [0.15, 0.2) is 0 Å². The minimum Gasteiger partial charge on any atom is -0.481 e. The predicted octanol–water partition coefficient (Wildman–Crippen LogP) is 2.76. The fraction of sp³-hybridized carbons (Fsp3) is 0.867. The van der Waals surface area contributed by atoms with Crippen LogP contribution >= 0.6 is 0 Å². The van der Waals surface area contributed by atoms with Crippen molar-refractivity contribution in [2.24, 2.45) is 10.8 Å². The summed E-state index contributed by atoms with van der Waals surface area (Å²) in [5.41, 5.74) is -1.69. The van der Waals surface area contributed by atoms with Gasteiger partial charge < -0.3 is 15.7 Å². The number of carbonyl (C=O) groups excluding carboxylic acids is 1. The normalized spacial score (nSPS) is 18.6. The molecule has 0 aromatic rings. The molecular weight excluding hydrogens is 256 g/mol. The first-order chi connectivity index (χ1) is 9.00. The Labute approximate surface area is 121 Å². The van der Waals surface area contributed by atoms with Crippen LogP contribution in [0.3, 0.4) is 0 Å². The summed E-state index contributed by atoms with van der Waals surface area (Å²) in [5.74, 6) is -0.925. The van der Waals surface area contributed by atoms with Crippen LogP contribution in [0, 0.1) is 10.8 Å². The quantitative estimate of drug-likeness (QED) is 0.726. The lowest BCUT2D eigenvalue weighted by molar-refractivity contribution is -0.150. The molecule has 0 heterocycles. The number of carboxylic acids is 1. The molecule has 1 aliphatic carbocycles. The van der Waals surface area contributed by atoms with Gasteiger partial charge in [0, 0.05) is 6.54 Å². The van der Waals surface area contributed by atoms with E-state index in [2.05, 4.69) is 17.6 Å². The molecule has 0 bridgehead atoms. The summed E-state index contributed by atoms with van der Waals surface area (Å²) in [7, 11) is 0. The number of nitrogens with one attached hydrogen (secondary N) is 2. The molecule has 3 N–H and O–H groups in total. The SMILES string of the molecule is CC1(CNC(=O)NC(C)(C)C(C)(C)C(=O)O)CCCC1. The Morgan fingerprint density at radius 1 is 1.15 bits per heavy atom. The van der Waals surface area contributed by atoms with Crippen molar-refractivity contribution < 1.29 is 14.7 Å². The van der Waals surface area contributed by atoms with E-state index in [1.165, 1.54) is 12.8 Å². The second-order valence-electron chi connectivity index (χ2n) is 7.38. The topological polar surface area (TPSA) is 78.4 Å². The Bertz CT molecular complexity index is 383. The van der Waals surface area contributed by atoms with Crippen molar-refractivity contribution in [2.45, 2.75) is 65.8 Å². The molecule has 1 fully saturated rings. The van der Waals surface area contributed by atoms with E-state index in [-0.39, 0.29) is 11.4 Å². The van der Waals surface area contributed by atoms with Crippen molar-refractivity contribution >= 4 is 12.0 Å². The predicted molar refractivity (Wildman–Crippen MR) is 78.6 cm³/mol. The van der Waals surface area contributed by atoms with E-state index >= 15 is 0 Å². The van der Waals surface area contributed by atoms with E-state index in [0.29, 0.717) is 6.54 Å². The molecule has 0 atom stereocenters. The van der Waals surface area contributed by atoms with Gasteiger partial charge in [-0.3, -0.25) is 4.79 Å². The number of aliphatic carboxylic acids is 1. The molecule has 0 spiro atoms. The smallest absolute Gasteiger partial charge is 0.315 e. The van der Waals surface area contributed by atoms with Crippen LogP contribution in [0.4, 0.5) is 4.79 Å². The Morgan fingerprint density at radius 2 is 1.65 bits per heavy atom. The Balaban J connectivity index is 2.55. The van der Waals surface area contributed by atoms with E-state index in [4.69, 9.17) is 0 Å². The van der Waals surface area contributed by atoms with Gasteiger partial charge in [-0.05, 0) is 46.0 Å². The number of hydrogen-bond acceptors (Lipinski definition) is 2. The van der Waals surface area contributed by atoms with E-state index < -0.39 is 16.9 Å². The van der Waals surface area contributed by atoms with Crippen LogP contribution in [-0.2, 0) is 4.79 Å². The average molecular weight is 284 g/mol. The summed E-state index contributed by atoms with van der Waals surface area (Å²) in [6, 6.07) is -0.294. The molecule has 1 aliphatic rings. The summed E-state index contributed by atoms with van der Waals surface area (Å²) < 4.78 is 0. The second-order valence-corrected chi connectivity index (χ2v) is 7.38. The van der Waals surface area contributed by atoms with Gasteiger partial charge in [-0.1, -0.05) is 19.8 Å². The number of rotatable bonds is 5. The highest BCUT2D eigenvalue weighted by Gasteiger charge is 2.44. The van der Waals surface area contributed by atoms with Gasteiger partial charge in [0.2, 0.25) is 0 Å². The van der Waals surface area contributed by atoms with Gasteiger partial charge in [0.25, 0.3) is 0 Å². The number of urea groups is 1. The average Bonchev–Trinajstić information content (AvgIpc) is 2.73. The lowest BCUT2D eigenvalue weighted by atomic mass is 9.74. The fourth-order valence-corrected chi connectivity index (χ4v) is 2.45. The monoisotopic (exact) mass is 284 g/mol. The molecule has 0 unspecified atom stereocenters. The largest absolute Gasteiger partial charge is 0.481 e. The van der Waals surface area contributed by atoms with Gasteiger partial charge in [0.05, 0.1) is 11.0 Å². The number of carbonyl (C=O) groups is 2. The van der Waals surface area contributed by atoms with Crippen LogP contribution in [0.1, 0.15) is 60.3 Å². The minimum atomic E-state index is -1.04. The first-order valence-corrected chi connectivity index (χ1v) is 7.30. The van der Waals surface area contributed by atoms with Crippen molar-refractivity contribution in [1.29, 1.82) is 0 Å². The number of carboxylic acid groups (broad SMARTS) is 1. The van der Waals surface area contributed by atoms with Gasteiger partial charge in [-0.25, -0.2) is 4.79 Å². The first-order valence-electron chi connectivity index (χ1n) is 7.30. The summed E-state index contributed by atoms with van der Waals surface area (Å²) in [5, 5.41) is 14.9. The molecule has 2 amide bonds. The molecule has 1 saturated carbocycles. The van der Waals surface area contributed by atoms with Crippen LogP contribution in [-0.4, -0.2) is 29.2 Å². The van der Waals surface area contributed by atoms with Gasteiger partial charge in [-0.2, -0.15) is 0 Å². The summed E-state index contributed by atoms with van der Waals surface area (Å²) in [4.78, 5) is 23.3. The zero-order valence-electron chi connectivity index (χ0n) is 13.3. The standard InChI is InChI=1S/C15H28N2O3/c1-13(2,11(18)19)14(3,4)17-12(20)16-10-15(5)8-6-7-9-15/h6-10H2,1-5H3,(H,18,19)(H2,16,17,20). The van der Waals surface area contributed by atoms with Gasteiger partial charge in [0.1, 0.15) is 0 Å². The highest BCUT2D eigenvalue weighted by molar-refractivity contribution is 5.79. The van der Waals surface area contributed by atoms with E-state index in [1.807, 2.05) is 0 Å². The minimum absolute atomic E-state index is 0.184. The molecule has 0 saturated heterocycles. The maximum Gasteiger partial charge on any atom is 0.315 e. The molecular formula is C15H28N2O3.